The maximum Gasteiger partial charge on any atom is 0.314 e. The minimum atomic E-state index is -0.835. The predicted molar refractivity (Wildman–Crippen MR) is 114 cm³/mol. The average Bonchev–Trinajstić information content (AvgIpc) is 2.76. The lowest BCUT2D eigenvalue weighted by atomic mass is 10.2. The van der Waals surface area contributed by atoms with E-state index in [0.717, 1.165) is 0 Å². The molecule has 0 aromatic heterocycles. The molecule has 0 aliphatic carbocycles. The Hall–Kier alpha value is -4.46. The number of rotatable bonds is 4. The predicted octanol–water partition coefficient (Wildman–Crippen LogP) is 2.84. The summed E-state index contributed by atoms with van der Waals surface area (Å²) in [5.74, 6) is -3.29. The van der Waals surface area contributed by atoms with Gasteiger partial charge in [0.15, 0.2) is 0 Å². The van der Waals surface area contributed by atoms with E-state index in [0.29, 0.717) is 22.7 Å². The van der Waals surface area contributed by atoms with Crippen molar-refractivity contribution in [1.29, 1.82) is 0 Å². The van der Waals surface area contributed by atoms with E-state index < -0.39 is 23.6 Å². The van der Waals surface area contributed by atoms with Crippen molar-refractivity contribution in [2.75, 3.05) is 21.3 Å². The van der Waals surface area contributed by atoms with E-state index in [-0.39, 0.29) is 0 Å². The van der Waals surface area contributed by atoms with Crippen molar-refractivity contribution < 1.29 is 19.2 Å². The second-order valence-electron chi connectivity index (χ2n) is 6.13. The lowest BCUT2D eigenvalue weighted by Crippen LogP contribution is -2.29. The highest BCUT2D eigenvalue weighted by Gasteiger charge is 2.15. The van der Waals surface area contributed by atoms with Gasteiger partial charge in [0.2, 0.25) is 0 Å². The molecular formula is C22H18N4O4. The van der Waals surface area contributed by atoms with Crippen LogP contribution in [-0.4, -0.2) is 23.6 Å². The molecule has 4 N–H and O–H groups in total. The van der Waals surface area contributed by atoms with Crippen LogP contribution < -0.4 is 21.3 Å². The fourth-order valence-electron chi connectivity index (χ4n) is 2.43. The molecule has 0 aliphatic rings. The molecule has 0 saturated heterocycles. The zero-order chi connectivity index (χ0) is 21.3. The van der Waals surface area contributed by atoms with Gasteiger partial charge in [-0.1, -0.05) is 36.4 Å². The summed E-state index contributed by atoms with van der Waals surface area (Å²) in [4.78, 5) is 47.9. The van der Waals surface area contributed by atoms with Crippen molar-refractivity contribution in [3.05, 3.63) is 84.9 Å². The Balaban J connectivity index is 1.51. The first-order valence-electron chi connectivity index (χ1n) is 8.96. The first-order valence-corrected chi connectivity index (χ1v) is 8.96. The topological polar surface area (TPSA) is 116 Å². The molecule has 0 atom stereocenters. The van der Waals surface area contributed by atoms with Crippen LogP contribution in [0.2, 0.25) is 0 Å². The molecule has 3 rings (SSSR count). The van der Waals surface area contributed by atoms with Crippen molar-refractivity contribution in [1.82, 2.24) is 0 Å². The van der Waals surface area contributed by atoms with Gasteiger partial charge in [0.05, 0.1) is 0 Å². The van der Waals surface area contributed by atoms with Crippen LogP contribution in [0.3, 0.4) is 0 Å². The summed E-state index contributed by atoms with van der Waals surface area (Å²) in [6.07, 6.45) is 0. The Bertz CT molecular complexity index is 965. The number of nitrogens with one attached hydrogen (secondary N) is 4. The Kier molecular flexibility index (Phi) is 6.52. The number of amides is 4. The summed E-state index contributed by atoms with van der Waals surface area (Å²) in [5.41, 5.74) is 1.72. The summed E-state index contributed by atoms with van der Waals surface area (Å²) in [5, 5.41) is 9.87. The van der Waals surface area contributed by atoms with Crippen LogP contribution in [0.5, 0.6) is 0 Å². The molecule has 3 aromatic rings. The Morgan fingerprint density at radius 1 is 0.367 bits per heavy atom. The van der Waals surface area contributed by atoms with Gasteiger partial charge in [0.1, 0.15) is 0 Å². The number of carbonyl (C=O) groups excluding carboxylic acids is 4. The molecule has 0 saturated carbocycles. The molecule has 150 valence electrons. The van der Waals surface area contributed by atoms with Crippen LogP contribution in [0.15, 0.2) is 84.9 Å². The van der Waals surface area contributed by atoms with Crippen molar-refractivity contribution in [3.63, 3.8) is 0 Å². The van der Waals surface area contributed by atoms with Crippen LogP contribution in [0.4, 0.5) is 22.7 Å². The normalized spacial score (nSPS) is 9.87. The summed E-state index contributed by atoms with van der Waals surface area (Å²) in [6.45, 7) is 0. The number of benzene rings is 3. The summed E-state index contributed by atoms with van der Waals surface area (Å²) < 4.78 is 0. The van der Waals surface area contributed by atoms with Crippen molar-refractivity contribution in [3.8, 4) is 0 Å². The first kappa shape index (κ1) is 20.3. The minimum absolute atomic E-state index is 0.356. The van der Waals surface area contributed by atoms with Gasteiger partial charge in [-0.3, -0.25) is 19.2 Å². The van der Waals surface area contributed by atoms with E-state index in [1.165, 1.54) is 24.3 Å². The zero-order valence-electron chi connectivity index (χ0n) is 15.7. The fourth-order valence-corrected chi connectivity index (χ4v) is 2.43. The standard InChI is InChI=1S/C22H18N4O4/c27-19(23-15-7-3-1-4-8-15)21(29)25-17-11-13-18(14-12-17)26-22(30)20(28)24-16-9-5-2-6-10-16/h1-14H,(H,23,27)(H,24,28)(H,25,29)(H,26,30). The van der Waals surface area contributed by atoms with Gasteiger partial charge in [-0.15, -0.1) is 0 Å². The molecule has 0 fully saturated rings. The highest BCUT2D eigenvalue weighted by molar-refractivity contribution is 6.44. The summed E-state index contributed by atoms with van der Waals surface area (Å²) in [6, 6.07) is 23.2. The largest absolute Gasteiger partial charge is 0.318 e. The second kappa shape index (κ2) is 9.65. The lowest BCUT2D eigenvalue weighted by Gasteiger charge is -2.09. The smallest absolute Gasteiger partial charge is 0.314 e. The monoisotopic (exact) mass is 402 g/mol. The Morgan fingerprint density at radius 2 is 0.600 bits per heavy atom. The lowest BCUT2D eigenvalue weighted by molar-refractivity contribution is -0.133. The molecule has 30 heavy (non-hydrogen) atoms. The summed E-state index contributed by atoms with van der Waals surface area (Å²) in [7, 11) is 0. The van der Waals surface area contributed by atoms with Crippen molar-refractivity contribution in [2.24, 2.45) is 0 Å². The molecule has 0 radical (unpaired) electrons. The highest BCUT2D eigenvalue weighted by Crippen LogP contribution is 2.14. The highest BCUT2D eigenvalue weighted by atomic mass is 16.2. The van der Waals surface area contributed by atoms with E-state index in [2.05, 4.69) is 21.3 Å². The molecule has 0 heterocycles. The molecule has 0 spiro atoms. The number of hydrogen-bond donors (Lipinski definition) is 4. The molecule has 3 aromatic carbocycles. The van der Waals surface area contributed by atoms with E-state index in [9.17, 15) is 19.2 Å². The van der Waals surface area contributed by atoms with E-state index in [1.807, 2.05) is 0 Å². The third kappa shape index (κ3) is 5.77. The maximum absolute atomic E-state index is 12.0. The van der Waals surface area contributed by atoms with Gasteiger partial charge in [-0.05, 0) is 48.5 Å². The molecule has 4 amide bonds. The van der Waals surface area contributed by atoms with Crippen LogP contribution in [0, 0.1) is 0 Å². The third-order valence-corrected chi connectivity index (χ3v) is 3.88. The Morgan fingerprint density at radius 3 is 0.867 bits per heavy atom. The van der Waals surface area contributed by atoms with E-state index >= 15 is 0 Å². The van der Waals surface area contributed by atoms with Crippen molar-refractivity contribution in [2.45, 2.75) is 0 Å². The average molecular weight is 402 g/mol. The zero-order valence-corrected chi connectivity index (χ0v) is 15.7. The molecular weight excluding hydrogens is 384 g/mol. The van der Waals surface area contributed by atoms with E-state index in [4.69, 9.17) is 0 Å². The molecule has 0 unspecified atom stereocenters. The molecule has 0 aliphatic heterocycles. The molecule has 8 heteroatoms. The molecule has 8 nitrogen and oxygen atoms in total. The maximum atomic E-state index is 12.0. The summed E-state index contributed by atoms with van der Waals surface area (Å²) >= 11 is 0. The molecule has 0 bridgehead atoms. The van der Waals surface area contributed by atoms with Gasteiger partial charge in [-0.2, -0.15) is 0 Å². The van der Waals surface area contributed by atoms with Gasteiger partial charge >= 0.3 is 23.6 Å². The van der Waals surface area contributed by atoms with Gasteiger partial charge in [-0.25, -0.2) is 0 Å². The van der Waals surface area contributed by atoms with E-state index in [1.54, 1.807) is 60.7 Å². The SMILES string of the molecule is O=C(Nc1ccccc1)C(=O)Nc1ccc(NC(=O)C(=O)Nc2ccccc2)cc1. The van der Waals surface area contributed by atoms with Crippen LogP contribution in [0.1, 0.15) is 0 Å². The van der Waals surface area contributed by atoms with Crippen LogP contribution in [-0.2, 0) is 19.2 Å². The number of hydrogen-bond acceptors (Lipinski definition) is 4. The van der Waals surface area contributed by atoms with Crippen molar-refractivity contribution >= 4 is 46.4 Å². The van der Waals surface area contributed by atoms with Gasteiger partial charge in [0.25, 0.3) is 0 Å². The number of carbonyl (C=O) groups is 4. The first-order chi connectivity index (χ1) is 14.5. The third-order valence-electron chi connectivity index (χ3n) is 3.88. The van der Waals surface area contributed by atoms with Gasteiger partial charge in [0, 0.05) is 22.7 Å². The minimum Gasteiger partial charge on any atom is -0.318 e. The van der Waals surface area contributed by atoms with Gasteiger partial charge < -0.3 is 21.3 Å². The van der Waals surface area contributed by atoms with Crippen LogP contribution in [0.25, 0.3) is 0 Å². The second-order valence-corrected chi connectivity index (χ2v) is 6.13. The number of para-hydroxylation sites is 2. The Labute approximate surface area is 172 Å². The quantitative estimate of drug-likeness (QED) is 0.502. The number of anilines is 4. The van der Waals surface area contributed by atoms with Crippen LogP contribution >= 0.6 is 0 Å². The fraction of sp³-hybridized carbons (Fsp3) is 0.